The number of imidazole rings is 1. The lowest BCUT2D eigenvalue weighted by Crippen LogP contribution is -2.33. The summed E-state index contributed by atoms with van der Waals surface area (Å²) in [5.41, 5.74) is 0.939. The number of ether oxygens (including phenoxy) is 1. The van der Waals surface area contributed by atoms with Gasteiger partial charge in [0.25, 0.3) is 5.91 Å². The molecule has 106 valence electrons. The summed E-state index contributed by atoms with van der Waals surface area (Å²) in [5, 5.41) is 14.1. The van der Waals surface area contributed by atoms with Gasteiger partial charge in [-0.3, -0.25) is 9.20 Å². The molecule has 20 heavy (non-hydrogen) atoms. The molecule has 1 unspecified atom stereocenters. The number of nitrogens with one attached hydrogen (secondary N) is 1. The van der Waals surface area contributed by atoms with Crippen molar-refractivity contribution in [3.8, 4) is 0 Å². The number of rotatable bonds is 5. The first-order valence-electron chi connectivity index (χ1n) is 5.99. The Hall–Kier alpha value is -1.48. The highest BCUT2D eigenvalue weighted by Crippen LogP contribution is 2.28. The Morgan fingerprint density at radius 2 is 2.50 bits per heavy atom. The SMILES string of the molecule is COCC(O)CNC(=O)c1cc2c(nc3sccn32)s1. The van der Waals surface area contributed by atoms with Gasteiger partial charge in [-0.25, -0.2) is 4.98 Å². The molecule has 3 aromatic rings. The zero-order valence-electron chi connectivity index (χ0n) is 10.7. The molecule has 0 aliphatic heterocycles. The number of amides is 1. The van der Waals surface area contributed by atoms with E-state index in [9.17, 15) is 9.90 Å². The summed E-state index contributed by atoms with van der Waals surface area (Å²) in [5.74, 6) is -0.202. The van der Waals surface area contributed by atoms with E-state index in [1.54, 1.807) is 11.3 Å². The van der Waals surface area contributed by atoms with Gasteiger partial charge in [-0.15, -0.1) is 22.7 Å². The molecule has 1 atom stereocenters. The fourth-order valence-corrected chi connectivity index (χ4v) is 3.62. The topological polar surface area (TPSA) is 75.9 Å². The highest BCUT2D eigenvalue weighted by atomic mass is 32.1. The number of fused-ring (bicyclic) bond motifs is 3. The zero-order valence-corrected chi connectivity index (χ0v) is 12.3. The van der Waals surface area contributed by atoms with Gasteiger partial charge in [-0.1, -0.05) is 0 Å². The first-order chi connectivity index (χ1) is 9.69. The predicted molar refractivity (Wildman–Crippen MR) is 78.7 cm³/mol. The van der Waals surface area contributed by atoms with Gasteiger partial charge >= 0.3 is 0 Å². The summed E-state index contributed by atoms with van der Waals surface area (Å²) < 4.78 is 6.77. The fraction of sp³-hybridized carbons (Fsp3) is 0.333. The van der Waals surface area contributed by atoms with Crippen molar-refractivity contribution in [3.05, 3.63) is 22.5 Å². The molecule has 3 aromatic heterocycles. The first kappa shape index (κ1) is 13.5. The highest BCUT2D eigenvalue weighted by Gasteiger charge is 2.15. The van der Waals surface area contributed by atoms with Crippen molar-refractivity contribution >= 4 is 43.9 Å². The molecule has 0 fully saturated rings. The summed E-state index contributed by atoms with van der Waals surface area (Å²) in [6.45, 7) is 0.369. The van der Waals surface area contributed by atoms with E-state index in [1.807, 2.05) is 22.0 Å². The van der Waals surface area contributed by atoms with E-state index in [-0.39, 0.29) is 19.1 Å². The fourth-order valence-electron chi connectivity index (χ4n) is 1.91. The third kappa shape index (κ3) is 2.42. The number of aliphatic hydroxyl groups is 1. The molecular formula is C12H13N3O3S2. The molecule has 3 heterocycles. The van der Waals surface area contributed by atoms with Crippen LogP contribution in [0.3, 0.4) is 0 Å². The molecule has 0 aliphatic rings. The van der Waals surface area contributed by atoms with Gasteiger partial charge in [-0.05, 0) is 6.07 Å². The minimum atomic E-state index is -0.696. The highest BCUT2D eigenvalue weighted by molar-refractivity contribution is 7.21. The van der Waals surface area contributed by atoms with Gasteiger partial charge in [-0.2, -0.15) is 0 Å². The summed E-state index contributed by atoms with van der Waals surface area (Å²) >= 11 is 2.91. The van der Waals surface area contributed by atoms with Crippen LogP contribution in [0.1, 0.15) is 9.67 Å². The molecule has 0 saturated heterocycles. The van der Waals surface area contributed by atoms with Crippen LogP contribution in [0, 0.1) is 0 Å². The van der Waals surface area contributed by atoms with Crippen LogP contribution in [0.25, 0.3) is 15.3 Å². The number of methoxy groups -OCH3 is 1. The van der Waals surface area contributed by atoms with E-state index in [1.165, 1.54) is 18.4 Å². The zero-order chi connectivity index (χ0) is 14.1. The number of hydrogen-bond acceptors (Lipinski definition) is 6. The summed E-state index contributed by atoms with van der Waals surface area (Å²) in [7, 11) is 1.51. The molecule has 0 saturated carbocycles. The maximum atomic E-state index is 12.0. The third-order valence-electron chi connectivity index (χ3n) is 2.82. The Labute approximate surface area is 122 Å². The number of aliphatic hydroxyl groups excluding tert-OH is 1. The van der Waals surface area contributed by atoms with Crippen LogP contribution < -0.4 is 5.32 Å². The Balaban J connectivity index is 1.76. The van der Waals surface area contributed by atoms with E-state index in [4.69, 9.17) is 4.74 Å². The van der Waals surface area contributed by atoms with Gasteiger partial charge in [0, 0.05) is 25.2 Å². The molecule has 8 heteroatoms. The number of thiazole rings is 1. The Morgan fingerprint density at radius 3 is 3.30 bits per heavy atom. The lowest BCUT2D eigenvalue weighted by Gasteiger charge is -2.09. The average molecular weight is 311 g/mol. The first-order valence-corrected chi connectivity index (χ1v) is 7.69. The van der Waals surface area contributed by atoms with Gasteiger partial charge in [0.1, 0.15) is 4.83 Å². The number of thiophene rings is 1. The van der Waals surface area contributed by atoms with Gasteiger partial charge in [0.05, 0.1) is 23.1 Å². The molecule has 0 spiro atoms. The number of hydrogen-bond donors (Lipinski definition) is 2. The van der Waals surface area contributed by atoms with Gasteiger partial charge in [0.15, 0.2) is 4.96 Å². The Morgan fingerprint density at radius 1 is 1.65 bits per heavy atom. The van der Waals surface area contributed by atoms with Crippen molar-refractivity contribution in [1.29, 1.82) is 0 Å². The maximum Gasteiger partial charge on any atom is 0.261 e. The van der Waals surface area contributed by atoms with E-state index in [0.29, 0.717) is 4.88 Å². The van der Waals surface area contributed by atoms with Crippen LogP contribution in [0.5, 0.6) is 0 Å². The van der Waals surface area contributed by atoms with Crippen LogP contribution >= 0.6 is 22.7 Å². The molecule has 6 nitrogen and oxygen atoms in total. The molecule has 0 radical (unpaired) electrons. The molecule has 3 rings (SSSR count). The predicted octanol–water partition coefficient (Wildman–Crippen LogP) is 1.35. The Kier molecular flexibility index (Phi) is 3.70. The lowest BCUT2D eigenvalue weighted by atomic mass is 10.3. The van der Waals surface area contributed by atoms with Gasteiger partial charge < -0.3 is 15.2 Å². The van der Waals surface area contributed by atoms with Crippen molar-refractivity contribution in [2.45, 2.75) is 6.10 Å². The van der Waals surface area contributed by atoms with Crippen LogP contribution in [0.4, 0.5) is 0 Å². The largest absolute Gasteiger partial charge is 0.389 e. The molecule has 1 amide bonds. The van der Waals surface area contributed by atoms with Crippen LogP contribution in [-0.2, 0) is 4.74 Å². The third-order valence-corrected chi connectivity index (χ3v) is 4.59. The van der Waals surface area contributed by atoms with Crippen molar-refractivity contribution in [2.24, 2.45) is 0 Å². The van der Waals surface area contributed by atoms with Gasteiger partial charge in [0.2, 0.25) is 0 Å². The number of nitrogens with zero attached hydrogens (tertiary/aromatic N) is 2. The van der Waals surface area contributed by atoms with Crippen molar-refractivity contribution < 1.29 is 14.6 Å². The second kappa shape index (κ2) is 5.49. The minimum Gasteiger partial charge on any atom is -0.389 e. The van der Waals surface area contributed by atoms with Crippen LogP contribution in [-0.4, -0.2) is 46.8 Å². The second-order valence-corrected chi connectivity index (χ2v) is 6.19. The normalized spacial score (nSPS) is 13.1. The standard InChI is InChI=1S/C12H13N3O3S2/c1-18-6-7(16)5-13-10(17)9-4-8-11(20-9)14-12-15(8)2-3-19-12/h2-4,7,16H,5-6H2,1H3,(H,13,17). The smallest absolute Gasteiger partial charge is 0.261 e. The van der Waals surface area contributed by atoms with E-state index < -0.39 is 6.10 Å². The monoisotopic (exact) mass is 311 g/mol. The minimum absolute atomic E-state index is 0.170. The van der Waals surface area contributed by atoms with E-state index in [2.05, 4.69) is 10.3 Å². The summed E-state index contributed by atoms with van der Waals surface area (Å²) in [4.78, 5) is 18.8. The van der Waals surface area contributed by atoms with Crippen LogP contribution in [0.15, 0.2) is 17.6 Å². The van der Waals surface area contributed by atoms with Crippen molar-refractivity contribution in [2.75, 3.05) is 20.3 Å². The van der Waals surface area contributed by atoms with Crippen LogP contribution in [0.2, 0.25) is 0 Å². The molecular weight excluding hydrogens is 298 g/mol. The van der Waals surface area contributed by atoms with Crippen molar-refractivity contribution in [1.82, 2.24) is 14.7 Å². The molecule has 0 bridgehead atoms. The molecule has 2 N–H and O–H groups in total. The quantitative estimate of drug-likeness (QED) is 0.746. The summed E-state index contributed by atoms with van der Waals surface area (Å²) in [6.07, 6.45) is 1.24. The number of carbonyl (C=O) groups excluding carboxylic acids is 1. The van der Waals surface area contributed by atoms with E-state index >= 15 is 0 Å². The number of carbonyl (C=O) groups is 1. The number of aromatic nitrogens is 2. The maximum absolute atomic E-state index is 12.0. The molecule has 0 aromatic carbocycles. The lowest BCUT2D eigenvalue weighted by molar-refractivity contribution is 0.0611. The molecule has 0 aliphatic carbocycles. The average Bonchev–Trinajstić information content (AvgIpc) is 3.07. The second-order valence-electron chi connectivity index (χ2n) is 4.29. The Bertz CT molecular complexity index is 745. The van der Waals surface area contributed by atoms with Crippen molar-refractivity contribution in [3.63, 3.8) is 0 Å². The summed E-state index contributed by atoms with van der Waals surface area (Å²) in [6, 6.07) is 1.82. The van der Waals surface area contributed by atoms with E-state index in [0.717, 1.165) is 15.3 Å².